The number of anilines is 1. The van der Waals surface area contributed by atoms with Gasteiger partial charge in [-0.3, -0.25) is 9.10 Å². The molecule has 0 fully saturated rings. The Morgan fingerprint density at radius 2 is 1.84 bits per heavy atom. The number of carbonyl (C=O) groups is 1. The molecule has 106 valence electrons. The molecule has 0 aliphatic heterocycles. The molecule has 5 nitrogen and oxygen atoms in total. The Kier molecular flexibility index (Phi) is 5.37. The number of esters is 1. The number of hydrogen-bond donors (Lipinski definition) is 0. The van der Waals surface area contributed by atoms with Crippen LogP contribution in [0.2, 0.25) is 0 Å². The van der Waals surface area contributed by atoms with Crippen LogP contribution in [0.5, 0.6) is 0 Å². The molecule has 0 unspecified atom stereocenters. The van der Waals surface area contributed by atoms with E-state index in [0.717, 1.165) is 15.0 Å². The number of ether oxygens (including phenoxy) is 1. The second kappa shape index (κ2) is 6.38. The molecule has 0 amide bonds. The predicted octanol–water partition coefficient (Wildman–Crippen LogP) is 2.17. The van der Waals surface area contributed by atoms with Gasteiger partial charge in [-0.25, -0.2) is 8.42 Å². The lowest BCUT2D eigenvalue weighted by molar-refractivity contribution is -0.145. The number of rotatable bonds is 5. The Balaban J connectivity index is 2.97. The van der Waals surface area contributed by atoms with Gasteiger partial charge in [-0.2, -0.15) is 0 Å². The fourth-order valence-electron chi connectivity index (χ4n) is 1.42. The maximum Gasteiger partial charge on any atom is 0.327 e. The fraction of sp³-hybridized carbons (Fsp3) is 0.417. The van der Waals surface area contributed by atoms with Crippen LogP contribution >= 0.6 is 15.9 Å². The summed E-state index contributed by atoms with van der Waals surface area (Å²) in [6.45, 7) is 3.09. The van der Waals surface area contributed by atoms with E-state index in [9.17, 15) is 13.2 Å². The molecule has 0 aliphatic rings. The average molecular weight is 350 g/mol. The number of sulfonamides is 1. The van der Waals surface area contributed by atoms with Crippen LogP contribution in [0.15, 0.2) is 28.7 Å². The van der Waals surface area contributed by atoms with Gasteiger partial charge in [0.05, 0.1) is 18.0 Å². The molecule has 0 heterocycles. The Labute approximate surface area is 121 Å². The lowest BCUT2D eigenvalue weighted by atomic mass is 10.3. The van der Waals surface area contributed by atoms with Crippen LogP contribution in [0.25, 0.3) is 0 Å². The molecule has 19 heavy (non-hydrogen) atoms. The molecule has 1 aromatic rings. The quantitative estimate of drug-likeness (QED) is 0.764. The van der Waals surface area contributed by atoms with Gasteiger partial charge in [0.25, 0.3) is 0 Å². The molecule has 0 atom stereocenters. The standard InChI is InChI=1S/C12H16BrNO4S/c1-9(2)18-12(15)8-14(19(3,16)17)11-6-4-10(13)5-7-11/h4-7,9H,8H2,1-3H3. The van der Waals surface area contributed by atoms with Gasteiger partial charge < -0.3 is 4.74 Å². The highest BCUT2D eigenvalue weighted by atomic mass is 79.9. The number of benzene rings is 1. The molecule has 1 rings (SSSR count). The molecule has 0 spiro atoms. The van der Waals surface area contributed by atoms with Gasteiger partial charge in [0, 0.05) is 4.47 Å². The van der Waals surface area contributed by atoms with Crippen molar-refractivity contribution >= 4 is 37.6 Å². The van der Waals surface area contributed by atoms with Crippen molar-refractivity contribution in [3.8, 4) is 0 Å². The van der Waals surface area contributed by atoms with Gasteiger partial charge in [-0.1, -0.05) is 15.9 Å². The van der Waals surface area contributed by atoms with Gasteiger partial charge in [0.2, 0.25) is 10.0 Å². The van der Waals surface area contributed by atoms with E-state index in [2.05, 4.69) is 15.9 Å². The maximum absolute atomic E-state index is 11.7. The molecule has 0 saturated carbocycles. The van der Waals surface area contributed by atoms with E-state index in [1.54, 1.807) is 38.1 Å². The van der Waals surface area contributed by atoms with Gasteiger partial charge in [-0.05, 0) is 38.1 Å². The van der Waals surface area contributed by atoms with Gasteiger partial charge >= 0.3 is 5.97 Å². The summed E-state index contributed by atoms with van der Waals surface area (Å²) < 4.78 is 30.3. The van der Waals surface area contributed by atoms with Crippen molar-refractivity contribution in [2.75, 3.05) is 17.1 Å². The minimum Gasteiger partial charge on any atom is -0.462 e. The van der Waals surface area contributed by atoms with E-state index in [4.69, 9.17) is 4.74 Å². The first kappa shape index (κ1) is 16.0. The smallest absolute Gasteiger partial charge is 0.327 e. The van der Waals surface area contributed by atoms with E-state index >= 15 is 0 Å². The van der Waals surface area contributed by atoms with Crippen LogP contribution in [0.4, 0.5) is 5.69 Å². The van der Waals surface area contributed by atoms with Crippen LogP contribution in [0, 0.1) is 0 Å². The zero-order chi connectivity index (χ0) is 14.6. The Morgan fingerprint density at radius 3 is 2.26 bits per heavy atom. The number of halogens is 1. The Morgan fingerprint density at radius 1 is 1.32 bits per heavy atom. The highest BCUT2D eigenvalue weighted by Gasteiger charge is 2.21. The van der Waals surface area contributed by atoms with Crippen molar-refractivity contribution in [1.29, 1.82) is 0 Å². The number of nitrogens with zero attached hydrogens (tertiary/aromatic N) is 1. The maximum atomic E-state index is 11.7. The monoisotopic (exact) mass is 349 g/mol. The first-order valence-corrected chi connectivity index (χ1v) is 8.27. The van der Waals surface area contributed by atoms with Crippen molar-refractivity contribution in [3.63, 3.8) is 0 Å². The molecular formula is C12H16BrNO4S. The number of hydrogen-bond acceptors (Lipinski definition) is 4. The summed E-state index contributed by atoms with van der Waals surface area (Å²) in [6, 6.07) is 6.66. The molecule has 0 bridgehead atoms. The fourth-order valence-corrected chi connectivity index (χ4v) is 2.53. The molecule has 7 heteroatoms. The van der Waals surface area contributed by atoms with Crippen molar-refractivity contribution in [2.24, 2.45) is 0 Å². The highest BCUT2D eigenvalue weighted by Crippen LogP contribution is 2.20. The highest BCUT2D eigenvalue weighted by molar-refractivity contribution is 9.10. The minimum atomic E-state index is -3.54. The summed E-state index contributed by atoms with van der Waals surface area (Å²) in [5, 5.41) is 0. The summed E-state index contributed by atoms with van der Waals surface area (Å²) >= 11 is 3.27. The van der Waals surface area contributed by atoms with Crippen molar-refractivity contribution in [2.45, 2.75) is 20.0 Å². The SMILES string of the molecule is CC(C)OC(=O)CN(c1ccc(Br)cc1)S(C)(=O)=O. The summed E-state index contributed by atoms with van der Waals surface area (Å²) in [4.78, 5) is 11.6. The van der Waals surface area contributed by atoms with Gasteiger partial charge in [0.1, 0.15) is 6.54 Å². The van der Waals surface area contributed by atoms with Crippen molar-refractivity contribution in [3.05, 3.63) is 28.7 Å². The number of carbonyl (C=O) groups excluding carboxylic acids is 1. The topological polar surface area (TPSA) is 63.7 Å². The van der Waals surface area contributed by atoms with E-state index in [-0.39, 0.29) is 12.6 Å². The largest absolute Gasteiger partial charge is 0.462 e. The van der Waals surface area contributed by atoms with Crippen molar-refractivity contribution in [1.82, 2.24) is 0 Å². The Bertz CT molecular complexity index is 539. The van der Waals surface area contributed by atoms with Crippen LogP contribution in [0.3, 0.4) is 0 Å². The van der Waals surface area contributed by atoms with E-state index in [1.807, 2.05) is 0 Å². The molecule has 0 saturated heterocycles. The zero-order valence-corrected chi connectivity index (χ0v) is 13.4. The third-order valence-electron chi connectivity index (χ3n) is 2.15. The van der Waals surface area contributed by atoms with E-state index < -0.39 is 16.0 Å². The second-order valence-corrected chi connectivity index (χ2v) is 7.11. The van der Waals surface area contributed by atoms with Crippen LogP contribution in [0.1, 0.15) is 13.8 Å². The van der Waals surface area contributed by atoms with E-state index in [0.29, 0.717) is 5.69 Å². The molecule has 1 aromatic carbocycles. The van der Waals surface area contributed by atoms with Gasteiger partial charge in [0.15, 0.2) is 0 Å². The second-order valence-electron chi connectivity index (χ2n) is 4.28. The zero-order valence-electron chi connectivity index (χ0n) is 11.0. The molecule has 0 N–H and O–H groups in total. The Hall–Kier alpha value is -1.08. The molecule has 0 radical (unpaired) electrons. The summed E-state index contributed by atoms with van der Waals surface area (Å²) in [6.07, 6.45) is 0.774. The molecular weight excluding hydrogens is 334 g/mol. The lowest BCUT2D eigenvalue weighted by Gasteiger charge is -2.22. The van der Waals surface area contributed by atoms with Gasteiger partial charge in [-0.15, -0.1) is 0 Å². The van der Waals surface area contributed by atoms with Crippen LogP contribution in [-0.4, -0.2) is 33.3 Å². The summed E-state index contributed by atoms with van der Waals surface area (Å²) in [5.74, 6) is -0.580. The van der Waals surface area contributed by atoms with Crippen molar-refractivity contribution < 1.29 is 17.9 Å². The average Bonchev–Trinajstić information content (AvgIpc) is 2.25. The minimum absolute atomic E-state index is 0.279. The normalized spacial score (nSPS) is 11.4. The van der Waals surface area contributed by atoms with Crippen LogP contribution in [-0.2, 0) is 19.6 Å². The van der Waals surface area contributed by atoms with E-state index in [1.165, 1.54) is 0 Å². The lowest BCUT2D eigenvalue weighted by Crippen LogP contribution is -2.36. The third-order valence-corrected chi connectivity index (χ3v) is 3.82. The predicted molar refractivity (Wildman–Crippen MR) is 77.6 cm³/mol. The summed E-state index contributed by atoms with van der Waals surface area (Å²) in [7, 11) is -3.54. The van der Waals surface area contributed by atoms with Crippen LogP contribution < -0.4 is 4.31 Å². The first-order chi connectivity index (χ1) is 8.70. The summed E-state index contributed by atoms with van der Waals surface area (Å²) in [5.41, 5.74) is 0.423. The molecule has 0 aliphatic carbocycles. The molecule has 0 aromatic heterocycles. The third kappa shape index (κ3) is 5.20. The first-order valence-electron chi connectivity index (χ1n) is 5.63.